The Morgan fingerprint density at radius 1 is 1.67 bits per heavy atom. The highest BCUT2D eigenvalue weighted by atomic mass is 16.2. The fourth-order valence-corrected chi connectivity index (χ4v) is 0.335. The monoisotopic (exact) mass is 131 g/mol. The van der Waals surface area contributed by atoms with Gasteiger partial charge in [-0.25, -0.2) is 4.79 Å². The van der Waals surface area contributed by atoms with E-state index in [4.69, 9.17) is 5.73 Å². The van der Waals surface area contributed by atoms with Crippen molar-refractivity contribution in [3.05, 3.63) is 0 Å². The van der Waals surface area contributed by atoms with Crippen molar-refractivity contribution in [1.29, 1.82) is 0 Å². The van der Waals surface area contributed by atoms with Gasteiger partial charge in [-0.3, -0.25) is 4.90 Å². The summed E-state index contributed by atoms with van der Waals surface area (Å²) in [5.41, 5.74) is 4.85. The van der Waals surface area contributed by atoms with Crippen molar-refractivity contribution in [2.24, 2.45) is 5.73 Å². The second-order valence-electron chi connectivity index (χ2n) is 2.15. The van der Waals surface area contributed by atoms with Gasteiger partial charge in [0.05, 0.1) is 6.17 Å². The Morgan fingerprint density at radius 2 is 2.11 bits per heavy atom. The minimum Gasteiger partial charge on any atom is -0.352 e. The number of carbonyl (C=O) groups is 1. The summed E-state index contributed by atoms with van der Waals surface area (Å²) in [6.07, 6.45) is 0.00231. The van der Waals surface area contributed by atoms with Crippen LogP contribution in [0.5, 0.6) is 0 Å². The predicted octanol–water partition coefficient (Wildman–Crippen LogP) is -0.438. The molecule has 9 heavy (non-hydrogen) atoms. The summed E-state index contributed by atoms with van der Waals surface area (Å²) in [7, 11) is 3.72. The van der Waals surface area contributed by atoms with E-state index in [1.54, 1.807) is 0 Å². The van der Waals surface area contributed by atoms with Crippen LogP contribution in [0.15, 0.2) is 0 Å². The average molecular weight is 131 g/mol. The molecule has 1 unspecified atom stereocenters. The van der Waals surface area contributed by atoms with E-state index in [2.05, 4.69) is 5.32 Å². The second kappa shape index (κ2) is 3.29. The highest BCUT2D eigenvalue weighted by Crippen LogP contribution is 1.82. The molecule has 0 rings (SSSR count). The van der Waals surface area contributed by atoms with Crippen LogP contribution in [0, 0.1) is 0 Å². The van der Waals surface area contributed by atoms with Crippen LogP contribution in [-0.4, -0.2) is 31.2 Å². The van der Waals surface area contributed by atoms with Crippen LogP contribution in [-0.2, 0) is 0 Å². The predicted molar refractivity (Wildman–Crippen MR) is 35.9 cm³/mol. The first kappa shape index (κ1) is 8.23. The van der Waals surface area contributed by atoms with E-state index in [0.29, 0.717) is 0 Å². The smallest absolute Gasteiger partial charge is 0.313 e. The maximum Gasteiger partial charge on any atom is 0.313 e. The van der Waals surface area contributed by atoms with Crippen molar-refractivity contribution in [2.75, 3.05) is 14.1 Å². The fourth-order valence-electron chi connectivity index (χ4n) is 0.335. The molecule has 0 radical (unpaired) electrons. The van der Waals surface area contributed by atoms with Gasteiger partial charge in [0.1, 0.15) is 0 Å². The molecule has 1 atom stereocenters. The fraction of sp³-hybridized carbons (Fsp3) is 0.800. The molecular weight excluding hydrogens is 118 g/mol. The van der Waals surface area contributed by atoms with Gasteiger partial charge in [-0.1, -0.05) is 0 Å². The first-order chi connectivity index (χ1) is 4.04. The maximum atomic E-state index is 10.2. The van der Waals surface area contributed by atoms with Crippen molar-refractivity contribution in [3.63, 3.8) is 0 Å². The van der Waals surface area contributed by atoms with Crippen LogP contribution in [0.25, 0.3) is 0 Å². The standard InChI is InChI=1S/C5H13N3O/c1-4(8(2)3)7-5(6)9/h4H,1-3H3,(H3,6,7,9). The van der Waals surface area contributed by atoms with Crippen molar-refractivity contribution in [2.45, 2.75) is 13.1 Å². The summed E-state index contributed by atoms with van der Waals surface area (Å²) >= 11 is 0. The van der Waals surface area contributed by atoms with Crippen LogP contribution in [0.2, 0.25) is 0 Å². The normalized spacial score (nSPS) is 13.3. The molecule has 0 fully saturated rings. The van der Waals surface area contributed by atoms with Gasteiger partial charge in [0.15, 0.2) is 0 Å². The quantitative estimate of drug-likeness (QED) is 0.499. The van der Waals surface area contributed by atoms with Gasteiger partial charge in [-0.05, 0) is 21.0 Å². The molecule has 2 amide bonds. The summed E-state index contributed by atoms with van der Waals surface area (Å²) in [5.74, 6) is 0. The highest BCUT2D eigenvalue weighted by molar-refractivity contribution is 5.71. The van der Waals surface area contributed by atoms with E-state index in [1.807, 2.05) is 25.9 Å². The van der Waals surface area contributed by atoms with Gasteiger partial charge >= 0.3 is 6.03 Å². The number of carbonyl (C=O) groups excluding carboxylic acids is 1. The molecule has 0 aliphatic heterocycles. The largest absolute Gasteiger partial charge is 0.352 e. The van der Waals surface area contributed by atoms with Crippen LogP contribution >= 0.6 is 0 Å². The molecule has 0 saturated carbocycles. The molecule has 0 aromatic heterocycles. The lowest BCUT2D eigenvalue weighted by molar-refractivity contribution is 0.224. The number of urea groups is 1. The zero-order chi connectivity index (χ0) is 7.44. The van der Waals surface area contributed by atoms with Crippen LogP contribution < -0.4 is 11.1 Å². The Labute approximate surface area is 55.0 Å². The Balaban J connectivity index is 3.50. The molecule has 0 aromatic rings. The summed E-state index contributed by atoms with van der Waals surface area (Å²) < 4.78 is 0. The van der Waals surface area contributed by atoms with Crippen molar-refractivity contribution in [1.82, 2.24) is 10.2 Å². The molecule has 0 spiro atoms. The number of nitrogens with two attached hydrogens (primary N) is 1. The van der Waals surface area contributed by atoms with E-state index in [-0.39, 0.29) is 6.17 Å². The Morgan fingerprint density at radius 3 is 2.22 bits per heavy atom. The lowest BCUT2D eigenvalue weighted by Crippen LogP contribution is -2.44. The molecule has 0 heterocycles. The molecular formula is C5H13N3O. The van der Waals surface area contributed by atoms with Crippen molar-refractivity contribution >= 4 is 6.03 Å². The number of hydrogen-bond donors (Lipinski definition) is 2. The minimum absolute atomic E-state index is 0.00231. The molecule has 3 N–H and O–H groups in total. The SMILES string of the molecule is CC(NC(N)=O)N(C)C. The third-order valence-corrected chi connectivity index (χ3v) is 1.13. The third kappa shape index (κ3) is 3.78. The topological polar surface area (TPSA) is 58.4 Å². The average Bonchev–Trinajstić information content (AvgIpc) is 1.63. The number of nitrogens with one attached hydrogen (secondary N) is 1. The number of rotatable bonds is 2. The van der Waals surface area contributed by atoms with Crippen molar-refractivity contribution in [3.8, 4) is 0 Å². The summed E-state index contributed by atoms with van der Waals surface area (Å²) in [6, 6.07) is -0.490. The molecule has 0 aliphatic carbocycles. The van der Waals surface area contributed by atoms with Crippen molar-refractivity contribution < 1.29 is 4.79 Å². The second-order valence-corrected chi connectivity index (χ2v) is 2.15. The Kier molecular flexibility index (Phi) is 3.01. The number of nitrogens with zero attached hydrogens (tertiary/aromatic N) is 1. The lowest BCUT2D eigenvalue weighted by atomic mass is 10.5. The van der Waals surface area contributed by atoms with Gasteiger partial charge < -0.3 is 11.1 Å². The molecule has 4 heteroatoms. The number of amides is 2. The van der Waals surface area contributed by atoms with Crippen LogP contribution in [0.3, 0.4) is 0 Å². The molecule has 4 nitrogen and oxygen atoms in total. The first-order valence-corrected chi connectivity index (χ1v) is 2.76. The Bertz CT molecular complexity index is 102. The summed E-state index contributed by atoms with van der Waals surface area (Å²) in [5, 5.41) is 2.51. The summed E-state index contributed by atoms with van der Waals surface area (Å²) in [6.45, 7) is 1.85. The third-order valence-electron chi connectivity index (χ3n) is 1.13. The zero-order valence-electron chi connectivity index (χ0n) is 6.01. The van der Waals surface area contributed by atoms with E-state index in [9.17, 15) is 4.79 Å². The van der Waals surface area contributed by atoms with E-state index >= 15 is 0 Å². The molecule has 0 aromatic carbocycles. The van der Waals surface area contributed by atoms with Crippen LogP contribution in [0.4, 0.5) is 4.79 Å². The highest BCUT2D eigenvalue weighted by Gasteiger charge is 2.03. The lowest BCUT2D eigenvalue weighted by Gasteiger charge is -2.19. The first-order valence-electron chi connectivity index (χ1n) is 2.76. The van der Waals surface area contributed by atoms with E-state index in [0.717, 1.165) is 0 Å². The van der Waals surface area contributed by atoms with E-state index < -0.39 is 6.03 Å². The molecule has 54 valence electrons. The molecule has 0 bridgehead atoms. The van der Waals surface area contributed by atoms with Gasteiger partial charge in [0, 0.05) is 0 Å². The number of primary amides is 1. The van der Waals surface area contributed by atoms with E-state index in [1.165, 1.54) is 0 Å². The van der Waals surface area contributed by atoms with Gasteiger partial charge in [0.2, 0.25) is 0 Å². The number of hydrogen-bond acceptors (Lipinski definition) is 2. The van der Waals surface area contributed by atoms with Gasteiger partial charge in [-0.15, -0.1) is 0 Å². The van der Waals surface area contributed by atoms with Gasteiger partial charge in [-0.2, -0.15) is 0 Å². The zero-order valence-corrected chi connectivity index (χ0v) is 6.01. The minimum atomic E-state index is -0.490. The Hall–Kier alpha value is -0.770. The van der Waals surface area contributed by atoms with Crippen LogP contribution in [0.1, 0.15) is 6.92 Å². The van der Waals surface area contributed by atoms with Gasteiger partial charge in [0.25, 0.3) is 0 Å². The molecule has 0 saturated heterocycles. The maximum absolute atomic E-state index is 10.2. The summed E-state index contributed by atoms with van der Waals surface area (Å²) in [4.78, 5) is 12.1. The molecule has 0 aliphatic rings.